The van der Waals surface area contributed by atoms with Crippen molar-refractivity contribution in [3.05, 3.63) is 24.3 Å². The number of unbranched alkanes of at least 4 members (excludes halogenated alkanes) is 18. The van der Waals surface area contributed by atoms with Crippen molar-refractivity contribution in [2.24, 2.45) is 5.92 Å². The molecule has 0 aromatic carbocycles. The van der Waals surface area contributed by atoms with E-state index in [4.69, 9.17) is 0 Å². The predicted molar refractivity (Wildman–Crippen MR) is 172 cm³/mol. The molecular formula is C36H71N. The lowest BCUT2D eigenvalue weighted by molar-refractivity contribution is 0.314. The molecule has 0 aromatic rings. The first kappa shape index (κ1) is 36.4. The third kappa shape index (κ3) is 31.6. The molecule has 0 bridgehead atoms. The Morgan fingerprint density at radius 1 is 0.459 bits per heavy atom. The van der Waals surface area contributed by atoms with Crippen molar-refractivity contribution in [1.82, 2.24) is 4.90 Å². The summed E-state index contributed by atoms with van der Waals surface area (Å²) in [5.74, 6) is 0.957. The average Bonchev–Trinajstić information content (AvgIpc) is 2.89. The van der Waals surface area contributed by atoms with Gasteiger partial charge in [0.2, 0.25) is 0 Å². The summed E-state index contributed by atoms with van der Waals surface area (Å²) in [5, 5.41) is 0. The average molecular weight is 518 g/mol. The van der Waals surface area contributed by atoms with E-state index in [9.17, 15) is 0 Å². The Morgan fingerprint density at radius 2 is 0.838 bits per heavy atom. The highest BCUT2D eigenvalue weighted by atomic mass is 15.1. The highest BCUT2D eigenvalue weighted by molar-refractivity contribution is 4.92. The summed E-state index contributed by atoms with van der Waals surface area (Å²) >= 11 is 0. The number of nitrogens with zero attached hydrogens (tertiary/aromatic N) is 1. The van der Waals surface area contributed by atoms with Crippen molar-refractivity contribution in [2.45, 2.75) is 181 Å². The molecule has 220 valence electrons. The smallest absolute Gasteiger partial charge is 0.00218 e. The van der Waals surface area contributed by atoms with Gasteiger partial charge < -0.3 is 4.90 Å². The second-order valence-electron chi connectivity index (χ2n) is 12.1. The molecule has 1 atom stereocenters. The zero-order chi connectivity index (χ0) is 27.1. The first-order chi connectivity index (χ1) is 18.2. The molecule has 0 aromatic heterocycles. The molecular weight excluding hydrogens is 446 g/mol. The number of hydrogen-bond donors (Lipinski definition) is 0. The van der Waals surface area contributed by atoms with Gasteiger partial charge in [-0.2, -0.15) is 0 Å². The van der Waals surface area contributed by atoms with Gasteiger partial charge in [-0.15, -0.1) is 0 Å². The van der Waals surface area contributed by atoms with E-state index in [2.05, 4.69) is 57.0 Å². The van der Waals surface area contributed by atoms with Crippen molar-refractivity contribution in [3.8, 4) is 0 Å². The van der Waals surface area contributed by atoms with Crippen LogP contribution in [0.3, 0.4) is 0 Å². The van der Waals surface area contributed by atoms with Gasteiger partial charge in [-0.25, -0.2) is 0 Å². The Hall–Kier alpha value is -0.560. The van der Waals surface area contributed by atoms with Gasteiger partial charge in [0.15, 0.2) is 0 Å². The van der Waals surface area contributed by atoms with E-state index < -0.39 is 0 Å². The molecule has 0 aliphatic heterocycles. The minimum Gasteiger partial charge on any atom is -0.306 e. The summed E-state index contributed by atoms with van der Waals surface area (Å²) in [4.78, 5) is 2.57. The molecule has 1 heteroatoms. The SMILES string of the molecule is CCCCC/C=C\C/C=C\CCCCCCCCN(C)CCCCCCCCCCC(C)CCCCC. The summed E-state index contributed by atoms with van der Waals surface area (Å²) in [6.45, 7) is 9.64. The van der Waals surface area contributed by atoms with E-state index in [1.165, 1.54) is 167 Å². The molecule has 0 aliphatic carbocycles. The van der Waals surface area contributed by atoms with Crippen molar-refractivity contribution in [2.75, 3.05) is 20.1 Å². The summed E-state index contributed by atoms with van der Waals surface area (Å²) in [6.07, 6.45) is 44.3. The van der Waals surface area contributed by atoms with E-state index in [0.717, 1.165) is 12.3 Å². The molecule has 1 nitrogen and oxygen atoms in total. The van der Waals surface area contributed by atoms with Crippen LogP contribution in [0.15, 0.2) is 24.3 Å². The van der Waals surface area contributed by atoms with Crippen LogP contribution in [0.1, 0.15) is 181 Å². The lowest BCUT2D eigenvalue weighted by Crippen LogP contribution is -2.20. The number of hydrogen-bond acceptors (Lipinski definition) is 1. The Bertz CT molecular complexity index is 465. The van der Waals surface area contributed by atoms with Crippen molar-refractivity contribution in [1.29, 1.82) is 0 Å². The van der Waals surface area contributed by atoms with E-state index in [0.29, 0.717) is 0 Å². The van der Waals surface area contributed by atoms with Crippen LogP contribution in [0, 0.1) is 5.92 Å². The fourth-order valence-corrected chi connectivity index (χ4v) is 5.30. The van der Waals surface area contributed by atoms with Crippen molar-refractivity contribution >= 4 is 0 Å². The zero-order valence-corrected chi connectivity index (χ0v) is 26.4. The molecule has 0 amide bonds. The lowest BCUT2D eigenvalue weighted by Gasteiger charge is -2.16. The molecule has 0 saturated carbocycles. The lowest BCUT2D eigenvalue weighted by atomic mass is 9.96. The fourth-order valence-electron chi connectivity index (χ4n) is 5.30. The standard InChI is InChI=1S/C36H71N/c1-5-7-9-10-11-12-13-14-15-16-17-18-20-23-26-30-34-37(4)35-31-27-24-21-19-22-25-29-33-36(3)32-28-8-6-2/h11-12,14-15,36H,5-10,13,16-35H2,1-4H3/b12-11-,15-14-. The van der Waals surface area contributed by atoms with Crippen LogP contribution in [-0.4, -0.2) is 25.0 Å². The molecule has 0 rings (SSSR count). The largest absolute Gasteiger partial charge is 0.306 e. The van der Waals surface area contributed by atoms with Crippen molar-refractivity contribution < 1.29 is 0 Å². The number of allylic oxidation sites excluding steroid dienone is 4. The molecule has 1 unspecified atom stereocenters. The van der Waals surface area contributed by atoms with E-state index >= 15 is 0 Å². The summed E-state index contributed by atoms with van der Waals surface area (Å²) < 4.78 is 0. The van der Waals surface area contributed by atoms with Crippen LogP contribution in [-0.2, 0) is 0 Å². The van der Waals surface area contributed by atoms with Gasteiger partial charge in [0, 0.05) is 0 Å². The maximum absolute atomic E-state index is 2.57. The van der Waals surface area contributed by atoms with Gasteiger partial charge in [-0.1, -0.05) is 161 Å². The minimum absolute atomic E-state index is 0.957. The maximum Gasteiger partial charge on any atom is -0.00218 e. The summed E-state index contributed by atoms with van der Waals surface area (Å²) in [7, 11) is 2.33. The van der Waals surface area contributed by atoms with Crippen molar-refractivity contribution in [3.63, 3.8) is 0 Å². The van der Waals surface area contributed by atoms with E-state index in [-0.39, 0.29) is 0 Å². The highest BCUT2D eigenvalue weighted by Gasteiger charge is 2.02. The van der Waals surface area contributed by atoms with Crippen LogP contribution in [0.2, 0.25) is 0 Å². The maximum atomic E-state index is 2.57. The topological polar surface area (TPSA) is 3.24 Å². The fraction of sp³-hybridized carbons (Fsp3) is 0.889. The molecule has 37 heavy (non-hydrogen) atoms. The summed E-state index contributed by atoms with van der Waals surface area (Å²) in [6, 6.07) is 0. The zero-order valence-electron chi connectivity index (χ0n) is 26.4. The molecule has 0 N–H and O–H groups in total. The Balaban J connectivity index is 3.27. The van der Waals surface area contributed by atoms with Crippen LogP contribution >= 0.6 is 0 Å². The highest BCUT2D eigenvalue weighted by Crippen LogP contribution is 2.18. The number of rotatable bonds is 30. The van der Waals surface area contributed by atoms with Crippen LogP contribution < -0.4 is 0 Å². The monoisotopic (exact) mass is 518 g/mol. The van der Waals surface area contributed by atoms with Crippen LogP contribution in [0.4, 0.5) is 0 Å². The van der Waals surface area contributed by atoms with E-state index in [1.807, 2.05) is 0 Å². The van der Waals surface area contributed by atoms with Gasteiger partial charge in [0.05, 0.1) is 0 Å². The Kier molecular flexibility index (Phi) is 31.2. The molecule has 0 saturated heterocycles. The Labute approximate surface area is 236 Å². The van der Waals surface area contributed by atoms with Gasteiger partial charge in [-0.05, 0) is 71.0 Å². The van der Waals surface area contributed by atoms with Gasteiger partial charge in [0.25, 0.3) is 0 Å². The minimum atomic E-state index is 0.957. The quantitative estimate of drug-likeness (QED) is 0.0676. The normalized spacial score (nSPS) is 13.0. The molecule has 0 spiro atoms. The second kappa shape index (κ2) is 31.7. The predicted octanol–water partition coefficient (Wildman–Crippen LogP) is 12.5. The van der Waals surface area contributed by atoms with Gasteiger partial charge in [0.1, 0.15) is 0 Å². The summed E-state index contributed by atoms with van der Waals surface area (Å²) in [5.41, 5.74) is 0. The third-order valence-corrected chi connectivity index (χ3v) is 8.03. The van der Waals surface area contributed by atoms with Gasteiger partial charge in [-0.3, -0.25) is 0 Å². The van der Waals surface area contributed by atoms with E-state index in [1.54, 1.807) is 0 Å². The second-order valence-corrected chi connectivity index (χ2v) is 12.1. The van der Waals surface area contributed by atoms with Crippen LogP contribution in [0.25, 0.3) is 0 Å². The molecule has 0 heterocycles. The molecule has 0 fully saturated rings. The third-order valence-electron chi connectivity index (χ3n) is 8.03. The first-order valence-electron chi connectivity index (χ1n) is 17.2. The molecule has 0 radical (unpaired) electrons. The first-order valence-corrected chi connectivity index (χ1v) is 17.2. The molecule has 0 aliphatic rings. The Morgan fingerprint density at radius 3 is 1.35 bits per heavy atom. The van der Waals surface area contributed by atoms with Gasteiger partial charge >= 0.3 is 0 Å². The van der Waals surface area contributed by atoms with Crippen LogP contribution in [0.5, 0.6) is 0 Å².